The zero-order chi connectivity index (χ0) is 15.5. The summed E-state index contributed by atoms with van der Waals surface area (Å²) in [6, 6.07) is 14.1. The van der Waals surface area contributed by atoms with Gasteiger partial charge in [-0.1, -0.05) is 30.3 Å². The van der Waals surface area contributed by atoms with Crippen molar-refractivity contribution in [2.75, 3.05) is 0 Å². The number of carbonyl (C=O) groups excluding carboxylic acids is 2. The van der Waals surface area contributed by atoms with Crippen molar-refractivity contribution in [1.29, 1.82) is 0 Å². The Hall–Kier alpha value is -2.82. The predicted molar refractivity (Wildman–Crippen MR) is 77.8 cm³/mol. The van der Waals surface area contributed by atoms with Crippen LogP contribution >= 0.6 is 0 Å². The lowest BCUT2D eigenvalue weighted by Crippen LogP contribution is -2.13. The zero-order valence-electron chi connectivity index (χ0n) is 11.9. The molecule has 0 spiro atoms. The number of carbonyl (C=O) groups is 2. The first kappa shape index (κ1) is 14.1. The van der Waals surface area contributed by atoms with Crippen LogP contribution in [0.25, 0.3) is 0 Å². The first-order valence-electron chi connectivity index (χ1n) is 6.86. The largest absolute Gasteiger partial charge is 0.481 e. The van der Waals surface area contributed by atoms with Crippen molar-refractivity contribution in [2.24, 2.45) is 0 Å². The summed E-state index contributed by atoms with van der Waals surface area (Å²) >= 11 is 0. The maximum atomic E-state index is 11.9. The van der Waals surface area contributed by atoms with Gasteiger partial charge in [0.05, 0.1) is 6.42 Å². The van der Waals surface area contributed by atoms with Crippen molar-refractivity contribution in [2.45, 2.75) is 19.4 Å². The van der Waals surface area contributed by atoms with Gasteiger partial charge in [0.25, 0.3) is 0 Å². The molecule has 0 radical (unpaired) electrons. The molecule has 0 saturated heterocycles. The van der Waals surface area contributed by atoms with E-state index >= 15 is 0 Å². The van der Waals surface area contributed by atoms with Gasteiger partial charge in [0.15, 0.2) is 11.5 Å². The summed E-state index contributed by atoms with van der Waals surface area (Å²) in [6.07, 6.45) is -0.329. The Morgan fingerprint density at radius 2 is 1.91 bits per heavy atom. The maximum absolute atomic E-state index is 11.9. The van der Waals surface area contributed by atoms with Crippen molar-refractivity contribution < 1.29 is 23.8 Å². The van der Waals surface area contributed by atoms with Crippen LogP contribution in [0.3, 0.4) is 0 Å². The van der Waals surface area contributed by atoms with Crippen molar-refractivity contribution in [1.82, 2.24) is 0 Å². The minimum absolute atomic E-state index is 0.113. The summed E-state index contributed by atoms with van der Waals surface area (Å²) in [4.78, 5) is 22.9. The zero-order valence-corrected chi connectivity index (χ0v) is 11.9. The molecule has 0 saturated carbocycles. The number of ether oxygens (including phenoxy) is 3. The average molecular weight is 298 g/mol. The standard InChI is InChI=1S/C17H14O5/c1-11(18)20-13-7-8-14-16(9-13)21-15(10-17(19)22-14)12-5-3-2-4-6-12/h2-9,15H,10H2,1H3. The van der Waals surface area contributed by atoms with Crippen molar-refractivity contribution in [3.8, 4) is 17.2 Å². The van der Waals surface area contributed by atoms with E-state index in [-0.39, 0.29) is 12.4 Å². The van der Waals surface area contributed by atoms with Gasteiger partial charge in [0.2, 0.25) is 0 Å². The van der Waals surface area contributed by atoms with Gasteiger partial charge < -0.3 is 14.2 Å². The monoisotopic (exact) mass is 298 g/mol. The molecule has 5 nitrogen and oxygen atoms in total. The molecule has 0 aliphatic carbocycles. The van der Waals surface area contributed by atoms with Gasteiger partial charge in [-0.2, -0.15) is 0 Å². The molecule has 0 amide bonds. The van der Waals surface area contributed by atoms with Crippen LogP contribution in [0.4, 0.5) is 0 Å². The summed E-state index contributed by atoms with van der Waals surface area (Å²) in [6.45, 7) is 1.32. The predicted octanol–water partition coefficient (Wildman–Crippen LogP) is 3.04. The maximum Gasteiger partial charge on any atom is 0.315 e. The number of rotatable bonds is 2. The topological polar surface area (TPSA) is 61.8 Å². The first-order valence-corrected chi connectivity index (χ1v) is 6.86. The fourth-order valence-corrected chi connectivity index (χ4v) is 2.26. The van der Waals surface area contributed by atoms with Gasteiger partial charge in [0, 0.05) is 13.0 Å². The van der Waals surface area contributed by atoms with E-state index in [0.29, 0.717) is 17.2 Å². The second kappa shape index (κ2) is 5.89. The van der Waals surface area contributed by atoms with E-state index in [0.717, 1.165) is 5.56 Å². The minimum atomic E-state index is -0.442. The molecule has 0 fully saturated rings. The highest BCUT2D eigenvalue weighted by Gasteiger charge is 2.26. The van der Waals surface area contributed by atoms with Crippen LogP contribution in [0.2, 0.25) is 0 Å². The summed E-state index contributed by atoms with van der Waals surface area (Å²) in [7, 11) is 0. The van der Waals surface area contributed by atoms with Crippen LogP contribution < -0.4 is 14.2 Å². The lowest BCUT2D eigenvalue weighted by molar-refractivity contribution is -0.135. The normalized spacial score (nSPS) is 16.8. The van der Waals surface area contributed by atoms with Crippen molar-refractivity contribution in [3.05, 3.63) is 54.1 Å². The fraction of sp³-hybridized carbons (Fsp3) is 0.176. The molecule has 0 N–H and O–H groups in total. The Bertz CT molecular complexity index is 708. The van der Waals surface area contributed by atoms with Gasteiger partial charge >= 0.3 is 11.9 Å². The molecular formula is C17H14O5. The Balaban J connectivity index is 1.94. The van der Waals surface area contributed by atoms with Gasteiger partial charge in [-0.05, 0) is 17.7 Å². The Kier molecular flexibility index (Phi) is 3.78. The van der Waals surface area contributed by atoms with Crippen molar-refractivity contribution >= 4 is 11.9 Å². The summed E-state index contributed by atoms with van der Waals surface area (Å²) in [5.41, 5.74) is 0.880. The molecule has 1 heterocycles. The van der Waals surface area contributed by atoms with Gasteiger partial charge in [0.1, 0.15) is 11.9 Å². The molecular weight excluding hydrogens is 284 g/mol. The summed E-state index contributed by atoms with van der Waals surface area (Å²) < 4.78 is 16.2. The minimum Gasteiger partial charge on any atom is -0.481 e. The van der Waals surface area contributed by atoms with Gasteiger partial charge in [-0.3, -0.25) is 9.59 Å². The quantitative estimate of drug-likeness (QED) is 0.630. The molecule has 1 unspecified atom stereocenters. The third-order valence-electron chi connectivity index (χ3n) is 3.19. The first-order chi connectivity index (χ1) is 10.6. The molecule has 1 aliphatic rings. The van der Waals surface area contributed by atoms with Crippen LogP contribution in [0, 0.1) is 0 Å². The second-order valence-corrected chi connectivity index (χ2v) is 4.90. The van der Waals surface area contributed by atoms with Crippen molar-refractivity contribution in [3.63, 3.8) is 0 Å². The molecule has 1 aliphatic heterocycles. The fourth-order valence-electron chi connectivity index (χ4n) is 2.26. The van der Waals surface area contributed by atoms with Gasteiger partial charge in [-0.15, -0.1) is 0 Å². The molecule has 1 atom stereocenters. The van der Waals surface area contributed by atoms with E-state index in [2.05, 4.69) is 0 Å². The van der Waals surface area contributed by atoms with Crippen LogP contribution in [-0.2, 0) is 9.59 Å². The van der Waals surface area contributed by atoms with Crippen LogP contribution in [0.15, 0.2) is 48.5 Å². The number of hydrogen-bond donors (Lipinski definition) is 0. The summed E-state index contributed by atoms with van der Waals surface area (Å²) in [5.74, 6) is 0.242. The van der Waals surface area contributed by atoms with E-state index < -0.39 is 12.1 Å². The number of benzene rings is 2. The number of fused-ring (bicyclic) bond motifs is 1. The van der Waals surface area contributed by atoms with E-state index in [9.17, 15) is 9.59 Å². The van der Waals surface area contributed by atoms with Gasteiger partial charge in [-0.25, -0.2) is 0 Å². The second-order valence-electron chi connectivity index (χ2n) is 4.90. The number of esters is 2. The molecule has 5 heteroatoms. The third-order valence-corrected chi connectivity index (χ3v) is 3.19. The molecule has 3 rings (SSSR count). The molecule has 0 aromatic heterocycles. The lowest BCUT2D eigenvalue weighted by atomic mass is 10.1. The molecule has 2 aromatic carbocycles. The highest BCUT2D eigenvalue weighted by atomic mass is 16.6. The van der Waals surface area contributed by atoms with E-state index in [1.165, 1.54) is 6.92 Å². The Labute approximate surface area is 127 Å². The summed E-state index contributed by atoms with van der Waals surface area (Å²) in [5, 5.41) is 0. The highest BCUT2D eigenvalue weighted by molar-refractivity contribution is 5.75. The van der Waals surface area contributed by atoms with Crippen LogP contribution in [0.1, 0.15) is 25.0 Å². The smallest absolute Gasteiger partial charge is 0.315 e. The van der Waals surface area contributed by atoms with Crippen LogP contribution in [-0.4, -0.2) is 11.9 Å². The Morgan fingerprint density at radius 1 is 1.14 bits per heavy atom. The van der Waals surface area contributed by atoms with E-state index in [4.69, 9.17) is 14.2 Å². The molecule has 0 bridgehead atoms. The highest BCUT2D eigenvalue weighted by Crippen LogP contribution is 2.38. The average Bonchev–Trinajstić information content (AvgIpc) is 2.65. The van der Waals surface area contributed by atoms with Crippen LogP contribution in [0.5, 0.6) is 17.2 Å². The number of hydrogen-bond acceptors (Lipinski definition) is 5. The van der Waals surface area contributed by atoms with E-state index in [1.807, 2.05) is 30.3 Å². The molecule has 22 heavy (non-hydrogen) atoms. The molecule has 2 aromatic rings. The van der Waals surface area contributed by atoms with E-state index in [1.54, 1.807) is 18.2 Å². The SMILES string of the molecule is CC(=O)Oc1ccc2c(c1)OC(c1ccccc1)CC(=O)O2. The Morgan fingerprint density at radius 3 is 2.64 bits per heavy atom. The third kappa shape index (κ3) is 3.09. The molecule has 112 valence electrons. The lowest BCUT2D eigenvalue weighted by Gasteiger charge is -2.16.